The first-order valence-corrected chi connectivity index (χ1v) is 3.93. The molecule has 0 bridgehead atoms. The second-order valence-corrected chi connectivity index (χ2v) is 2.50. The predicted molar refractivity (Wildman–Crippen MR) is 50.9 cm³/mol. The van der Waals surface area contributed by atoms with Crippen molar-refractivity contribution in [1.82, 2.24) is 9.97 Å². The van der Waals surface area contributed by atoms with Crippen molar-refractivity contribution in [3.05, 3.63) is 42.0 Å². The summed E-state index contributed by atoms with van der Waals surface area (Å²) >= 11 is 5.81. The summed E-state index contributed by atoms with van der Waals surface area (Å²) in [5, 5.41) is 0.408. The minimum atomic E-state index is 0.408. The summed E-state index contributed by atoms with van der Waals surface area (Å²) in [5.41, 5.74) is 1.57. The topological polar surface area (TPSA) is 25.8 Å². The Morgan fingerprint density at radius 3 is 2.67 bits per heavy atom. The Kier molecular flexibility index (Phi) is 3.00. The Labute approximate surface area is 76.6 Å². The molecule has 0 aliphatic heterocycles. The summed E-state index contributed by atoms with van der Waals surface area (Å²) in [6.07, 6.45) is 6.76. The van der Waals surface area contributed by atoms with Gasteiger partial charge in [0.05, 0.1) is 0 Å². The average molecular weight is 181 g/mol. The van der Waals surface area contributed by atoms with Gasteiger partial charge in [-0.1, -0.05) is 30.3 Å². The minimum Gasteiger partial charge on any atom is -0.251 e. The first-order chi connectivity index (χ1) is 5.79. The highest BCUT2D eigenvalue weighted by atomic mass is 35.5. The Hall–Kier alpha value is -1.15. The predicted octanol–water partition coefficient (Wildman–Crippen LogP) is 2.72. The van der Waals surface area contributed by atoms with E-state index in [1.54, 1.807) is 18.5 Å². The molecule has 62 valence electrons. The molecule has 1 heterocycles. The Morgan fingerprint density at radius 1 is 1.50 bits per heavy atom. The van der Waals surface area contributed by atoms with Crippen LogP contribution < -0.4 is 0 Å². The largest absolute Gasteiger partial charge is 0.251 e. The summed E-state index contributed by atoms with van der Waals surface area (Å²) in [7, 11) is 0. The van der Waals surface area contributed by atoms with Crippen molar-refractivity contribution in [3.63, 3.8) is 0 Å². The van der Waals surface area contributed by atoms with E-state index in [1.165, 1.54) is 0 Å². The Bertz CT molecular complexity index is 318. The van der Waals surface area contributed by atoms with Crippen LogP contribution in [0, 0.1) is 0 Å². The second kappa shape index (κ2) is 4.02. The number of allylic oxidation sites excluding steroid dienone is 3. The molecule has 0 aliphatic carbocycles. The molecule has 1 aromatic rings. The van der Waals surface area contributed by atoms with Gasteiger partial charge >= 0.3 is 0 Å². The summed E-state index contributed by atoms with van der Waals surface area (Å²) in [6.45, 7) is 5.56. The van der Waals surface area contributed by atoms with E-state index in [4.69, 9.17) is 11.6 Å². The Morgan fingerprint density at radius 2 is 2.17 bits per heavy atom. The lowest BCUT2D eigenvalue weighted by Gasteiger charge is -2.00. The van der Waals surface area contributed by atoms with Crippen molar-refractivity contribution in [2.45, 2.75) is 6.92 Å². The fourth-order valence-corrected chi connectivity index (χ4v) is 1.08. The van der Waals surface area contributed by atoms with Crippen molar-refractivity contribution in [2.75, 3.05) is 0 Å². The van der Waals surface area contributed by atoms with E-state index in [1.807, 2.05) is 13.0 Å². The summed E-state index contributed by atoms with van der Waals surface area (Å²) in [4.78, 5) is 8.00. The molecule has 12 heavy (non-hydrogen) atoms. The number of rotatable bonds is 2. The minimum absolute atomic E-state index is 0.408. The molecule has 3 heteroatoms. The smallest absolute Gasteiger partial charge is 0.155 e. The van der Waals surface area contributed by atoms with Gasteiger partial charge in [0, 0.05) is 12.4 Å². The van der Waals surface area contributed by atoms with Crippen LogP contribution in [-0.2, 0) is 0 Å². The fourth-order valence-electron chi connectivity index (χ4n) is 0.866. The molecule has 0 unspecified atom stereocenters. The van der Waals surface area contributed by atoms with Gasteiger partial charge in [-0.25, -0.2) is 4.98 Å². The molecule has 0 aliphatic rings. The van der Waals surface area contributed by atoms with Crippen molar-refractivity contribution in [2.24, 2.45) is 0 Å². The quantitative estimate of drug-likeness (QED) is 0.654. The SMILES string of the molecule is C=C/C(=C\C)c1nccnc1Cl. The lowest BCUT2D eigenvalue weighted by atomic mass is 10.2. The standard InChI is InChI=1S/C9H9ClN2/c1-3-7(4-2)8-9(10)12-6-5-11-8/h3-6H,1H2,2H3/b7-4+. The van der Waals surface area contributed by atoms with Crippen molar-refractivity contribution >= 4 is 17.2 Å². The van der Waals surface area contributed by atoms with E-state index in [2.05, 4.69) is 16.5 Å². The Balaban J connectivity index is 3.18. The third kappa shape index (κ3) is 1.71. The van der Waals surface area contributed by atoms with Gasteiger partial charge in [-0.2, -0.15) is 0 Å². The van der Waals surface area contributed by atoms with Crippen LogP contribution in [-0.4, -0.2) is 9.97 Å². The molecule has 0 spiro atoms. The zero-order chi connectivity index (χ0) is 8.97. The number of nitrogens with zero attached hydrogens (tertiary/aromatic N) is 2. The van der Waals surface area contributed by atoms with Crippen LogP contribution in [0.25, 0.3) is 5.57 Å². The van der Waals surface area contributed by atoms with Crippen LogP contribution in [0.5, 0.6) is 0 Å². The number of halogens is 1. The van der Waals surface area contributed by atoms with Gasteiger partial charge in [0.2, 0.25) is 0 Å². The van der Waals surface area contributed by atoms with Gasteiger partial charge in [0.25, 0.3) is 0 Å². The van der Waals surface area contributed by atoms with Crippen LogP contribution in [0.4, 0.5) is 0 Å². The van der Waals surface area contributed by atoms with Crippen LogP contribution in [0.15, 0.2) is 31.1 Å². The van der Waals surface area contributed by atoms with Crippen molar-refractivity contribution in [3.8, 4) is 0 Å². The normalized spacial score (nSPS) is 11.3. The maximum Gasteiger partial charge on any atom is 0.155 e. The highest BCUT2D eigenvalue weighted by Crippen LogP contribution is 2.18. The van der Waals surface area contributed by atoms with E-state index in [0.717, 1.165) is 5.57 Å². The monoisotopic (exact) mass is 180 g/mol. The third-order valence-electron chi connectivity index (χ3n) is 1.46. The molecule has 0 aromatic carbocycles. The van der Waals surface area contributed by atoms with Gasteiger partial charge in [0.1, 0.15) is 5.69 Å². The summed E-state index contributed by atoms with van der Waals surface area (Å²) in [5.74, 6) is 0. The van der Waals surface area contributed by atoms with Gasteiger partial charge in [0.15, 0.2) is 5.15 Å². The van der Waals surface area contributed by atoms with Crippen LogP contribution in [0.1, 0.15) is 12.6 Å². The van der Waals surface area contributed by atoms with Gasteiger partial charge in [-0.15, -0.1) is 0 Å². The first-order valence-electron chi connectivity index (χ1n) is 3.55. The zero-order valence-corrected chi connectivity index (χ0v) is 7.54. The summed E-state index contributed by atoms with van der Waals surface area (Å²) in [6, 6.07) is 0. The van der Waals surface area contributed by atoms with E-state index in [0.29, 0.717) is 10.8 Å². The molecule has 1 aromatic heterocycles. The van der Waals surface area contributed by atoms with Gasteiger partial charge in [-0.3, -0.25) is 4.98 Å². The van der Waals surface area contributed by atoms with Gasteiger partial charge < -0.3 is 0 Å². The molecule has 0 atom stereocenters. The highest BCUT2D eigenvalue weighted by molar-refractivity contribution is 6.31. The van der Waals surface area contributed by atoms with Crippen molar-refractivity contribution < 1.29 is 0 Å². The molecule has 2 nitrogen and oxygen atoms in total. The molecule has 0 saturated heterocycles. The molecule has 0 saturated carbocycles. The van der Waals surface area contributed by atoms with Crippen molar-refractivity contribution in [1.29, 1.82) is 0 Å². The number of aromatic nitrogens is 2. The molecule has 0 N–H and O–H groups in total. The second-order valence-electron chi connectivity index (χ2n) is 2.14. The van der Waals surface area contributed by atoms with Gasteiger partial charge in [-0.05, 0) is 12.5 Å². The maximum atomic E-state index is 5.81. The molecule has 1 rings (SSSR count). The van der Waals surface area contributed by atoms with Crippen LogP contribution in [0.3, 0.4) is 0 Å². The number of hydrogen-bond acceptors (Lipinski definition) is 2. The van der Waals surface area contributed by atoms with E-state index in [-0.39, 0.29) is 0 Å². The molecular formula is C9H9ClN2. The highest BCUT2D eigenvalue weighted by Gasteiger charge is 2.03. The van der Waals surface area contributed by atoms with E-state index >= 15 is 0 Å². The third-order valence-corrected chi connectivity index (χ3v) is 1.73. The maximum absolute atomic E-state index is 5.81. The average Bonchev–Trinajstić information content (AvgIpc) is 2.10. The molecular weight excluding hydrogens is 172 g/mol. The van der Waals surface area contributed by atoms with Crippen LogP contribution >= 0.6 is 11.6 Å². The van der Waals surface area contributed by atoms with E-state index in [9.17, 15) is 0 Å². The molecule has 0 radical (unpaired) electrons. The fraction of sp³-hybridized carbons (Fsp3) is 0.111. The zero-order valence-electron chi connectivity index (χ0n) is 6.79. The lowest BCUT2D eigenvalue weighted by molar-refractivity contribution is 1.17. The lowest BCUT2D eigenvalue weighted by Crippen LogP contribution is -1.89. The summed E-state index contributed by atoms with van der Waals surface area (Å²) < 4.78 is 0. The van der Waals surface area contributed by atoms with E-state index < -0.39 is 0 Å². The van der Waals surface area contributed by atoms with Crippen LogP contribution in [0.2, 0.25) is 5.15 Å². The first kappa shape index (κ1) is 8.94. The number of hydrogen-bond donors (Lipinski definition) is 0. The molecule has 0 amide bonds. The molecule has 0 fully saturated rings.